The van der Waals surface area contributed by atoms with Gasteiger partial charge in [-0.05, 0) is 18.6 Å². The van der Waals surface area contributed by atoms with Crippen LogP contribution in [0.1, 0.15) is 18.1 Å². The molecule has 1 N–H and O–H groups in total. The molecule has 1 aliphatic rings. The van der Waals surface area contributed by atoms with Crippen molar-refractivity contribution in [3.63, 3.8) is 0 Å². The highest BCUT2D eigenvalue weighted by Gasteiger charge is 2.37. The van der Waals surface area contributed by atoms with Crippen LogP contribution in [0.5, 0.6) is 0 Å². The molecule has 0 unspecified atom stereocenters. The Bertz CT molecular complexity index is 471. The normalized spacial score (nSPS) is 27.1. The number of hydrogen-bond donors (Lipinski definition) is 1. The summed E-state index contributed by atoms with van der Waals surface area (Å²) in [6.45, 7) is 0. The van der Waals surface area contributed by atoms with E-state index in [1.165, 1.54) is 6.07 Å². The lowest BCUT2D eigenvalue weighted by atomic mass is 10.1. The van der Waals surface area contributed by atoms with Crippen molar-refractivity contribution in [1.29, 1.82) is 0 Å². The van der Waals surface area contributed by atoms with E-state index >= 15 is 0 Å². The Hall–Kier alpha value is -0.660. The molecule has 1 aromatic rings. The van der Waals surface area contributed by atoms with E-state index < -0.39 is 49.5 Å². The molecule has 0 aromatic heterocycles. The molecule has 18 heavy (non-hydrogen) atoms. The number of rotatable bonds is 2. The fourth-order valence-electron chi connectivity index (χ4n) is 1.91. The highest BCUT2D eigenvalue weighted by Crippen LogP contribution is 2.30. The van der Waals surface area contributed by atoms with Gasteiger partial charge >= 0.3 is 0 Å². The fraction of sp³-hybridized carbons (Fsp3) is 0.455. The Labute approximate surface area is 108 Å². The zero-order chi connectivity index (χ0) is 13.3. The first-order valence-electron chi connectivity index (χ1n) is 5.38. The molecule has 3 atom stereocenters. The maximum absolute atomic E-state index is 13.5. The van der Waals surface area contributed by atoms with Crippen molar-refractivity contribution in [3.8, 4) is 0 Å². The molecule has 0 spiro atoms. The minimum atomic E-state index is -1.65. The fourth-order valence-corrected chi connectivity index (χ4v) is 5.80. The van der Waals surface area contributed by atoms with Gasteiger partial charge in [0, 0.05) is 33.1 Å². The second-order valence-corrected chi connectivity index (χ2v) is 7.63. The summed E-state index contributed by atoms with van der Waals surface area (Å²) < 4.78 is 49.4. The summed E-state index contributed by atoms with van der Waals surface area (Å²) in [5.41, 5.74) is -0.550. The van der Waals surface area contributed by atoms with Gasteiger partial charge in [0.2, 0.25) is 0 Å². The lowest BCUT2D eigenvalue weighted by Crippen LogP contribution is -2.36. The molecule has 1 aliphatic heterocycles. The molecular formula is C11H12F2O3S2. The molecule has 3 nitrogen and oxygen atoms in total. The van der Waals surface area contributed by atoms with Gasteiger partial charge in [-0.3, -0.25) is 8.42 Å². The molecule has 1 saturated heterocycles. The second kappa shape index (κ2) is 5.54. The highest BCUT2D eigenvalue weighted by atomic mass is 32.2. The Morgan fingerprint density at radius 3 is 2.17 bits per heavy atom. The minimum absolute atomic E-state index is 0.295. The average Bonchev–Trinajstić information content (AvgIpc) is 2.28. The van der Waals surface area contributed by atoms with Crippen LogP contribution < -0.4 is 0 Å². The summed E-state index contributed by atoms with van der Waals surface area (Å²) in [5, 5.41) is 9.98. The van der Waals surface area contributed by atoms with E-state index in [9.17, 15) is 22.3 Å². The van der Waals surface area contributed by atoms with E-state index in [2.05, 4.69) is 0 Å². The van der Waals surface area contributed by atoms with Crippen LogP contribution in [-0.4, -0.2) is 29.6 Å². The largest absolute Gasteiger partial charge is 0.386 e. The zero-order valence-corrected chi connectivity index (χ0v) is 11.0. The number of hydrogen-bond acceptors (Lipinski definition) is 3. The SMILES string of the molecule is O=[S@@]1CCC[S@@](=O)C1[C@H](O)c1c(F)cccc1F. The number of aliphatic hydroxyl groups is 1. The first-order chi connectivity index (χ1) is 8.52. The van der Waals surface area contributed by atoms with Crippen molar-refractivity contribution < 1.29 is 22.3 Å². The van der Waals surface area contributed by atoms with Crippen LogP contribution in [0.2, 0.25) is 0 Å². The summed E-state index contributed by atoms with van der Waals surface area (Å²) in [6.07, 6.45) is -1.12. The van der Waals surface area contributed by atoms with E-state index in [0.29, 0.717) is 17.9 Å². The molecule has 7 heteroatoms. The summed E-state index contributed by atoms with van der Waals surface area (Å²) in [7, 11) is -3.08. The van der Waals surface area contributed by atoms with Crippen LogP contribution in [0, 0.1) is 11.6 Å². The Balaban J connectivity index is 2.38. The second-order valence-electron chi connectivity index (χ2n) is 3.97. The van der Waals surface area contributed by atoms with Crippen LogP contribution in [0.4, 0.5) is 8.78 Å². The first-order valence-corrected chi connectivity index (χ1v) is 8.15. The molecule has 1 aromatic carbocycles. The third kappa shape index (κ3) is 2.53. The zero-order valence-electron chi connectivity index (χ0n) is 9.34. The smallest absolute Gasteiger partial charge is 0.140 e. The number of halogens is 2. The van der Waals surface area contributed by atoms with Gasteiger partial charge in [-0.1, -0.05) is 6.07 Å². The van der Waals surface area contributed by atoms with E-state index in [4.69, 9.17) is 0 Å². The van der Waals surface area contributed by atoms with Crippen LogP contribution in [-0.2, 0) is 21.6 Å². The quantitative estimate of drug-likeness (QED) is 0.892. The van der Waals surface area contributed by atoms with Crippen molar-refractivity contribution >= 4 is 21.6 Å². The average molecular weight is 294 g/mol. The highest BCUT2D eigenvalue weighted by molar-refractivity contribution is 8.03. The molecule has 0 bridgehead atoms. The third-order valence-electron chi connectivity index (χ3n) is 2.76. The van der Waals surface area contributed by atoms with Gasteiger partial charge in [-0.2, -0.15) is 0 Å². The van der Waals surface area contributed by atoms with Gasteiger partial charge in [-0.25, -0.2) is 8.78 Å². The molecule has 0 saturated carbocycles. The lowest BCUT2D eigenvalue weighted by molar-refractivity contribution is 0.183. The molecule has 1 fully saturated rings. The van der Waals surface area contributed by atoms with Gasteiger partial charge in [0.25, 0.3) is 0 Å². The molecule has 100 valence electrons. The molecular weight excluding hydrogens is 282 g/mol. The van der Waals surface area contributed by atoms with Crippen LogP contribution in [0.3, 0.4) is 0 Å². The van der Waals surface area contributed by atoms with Crippen molar-refractivity contribution in [1.82, 2.24) is 0 Å². The standard InChI is InChI=1S/C11H12F2O3S2/c12-7-3-1-4-8(13)9(7)10(14)11-17(15)5-2-6-18(11)16/h1,3-4,10-11,14H,2,5-6H2/t10-,17-,18-/m1/s1. The number of aliphatic hydroxyl groups excluding tert-OH is 1. The van der Waals surface area contributed by atoms with E-state index in [1.807, 2.05) is 0 Å². The summed E-state index contributed by atoms with van der Waals surface area (Å²) >= 11 is 0. The van der Waals surface area contributed by atoms with E-state index in [0.717, 1.165) is 12.1 Å². The van der Waals surface area contributed by atoms with Crippen molar-refractivity contribution in [2.75, 3.05) is 11.5 Å². The van der Waals surface area contributed by atoms with Crippen LogP contribution >= 0.6 is 0 Å². The van der Waals surface area contributed by atoms with Gasteiger partial charge < -0.3 is 5.11 Å². The van der Waals surface area contributed by atoms with Gasteiger partial charge in [-0.15, -0.1) is 0 Å². The van der Waals surface area contributed by atoms with Gasteiger partial charge in [0.05, 0.1) is 5.56 Å². The maximum Gasteiger partial charge on any atom is 0.140 e. The lowest BCUT2D eigenvalue weighted by Gasteiger charge is -2.26. The molecule has 0 amide bonds. The summed E-state index contributed by atoms with van der Waals surface area (Å²) in [5.74, 6) is -1.24. The summed E-state index contributed by atoms with van der Waals surface area (Å²) in [4.78, 5) is 0. The topological polar surface area (TPSA) is 54.4 Å². The van der Waals surface area contributed by atoms with Crippen molar-refractivity contribution in [3.05, 3.63) is 35.4 Å². The van der Waals surface area contributed by atoms with Crippen molar-refractivity contribution in [2.24, 2.45) is 0 Å². The first kappa shape index (κ1) is 13.8. The summed E-state index contributed by atoms with van der Waals surface area (Å²) in [6, 6.07) is 3.20. The van der Waals surface area contributed by atoms with Crippen LogP contribution in [0.15, 0.2) is 18.2 Å². The van der Waals surface area contributed by atoms with Gasteiger partial charge in [0.15, 0.2) is 0 Å². The molecule has 0 aliphatic carbocycles. The van der Waals surface area contributed by atoms with E-state index in [-0.39, 0.29) is 0 Å². The molecule has 1 heterocycles. The Kier molecular flexibility index (Phi) is 4.24. The Morgan fingerprint density at radius 2 is 1.67 bits per heavy atom. The van der Waals surface area contributed by atoms with Crippen molar-refractivity contribution in [2.45, 2.75) is 17.1 Å². The Morgan fingerprint density at radius 1 is 1.17 bits per heavy atom. The van der Waals surface area contributed by atoms with Crippen LogP contribution in [0.25, 0.3) is 0 Å². The molecule has 0 radical (unpaired) electrons. The third-order valence-corrected chi connectivity index (χ3v) is 6.98. The predicted molar refractivity (Wildman–Crippen MR) is 65.7 cm³/mol. The minimum Gasteiger partial charge on any atom is -0.386 e. The molecule has 2 rings (SSSR count). The van der Waals surface area contributed by atoms with Gasteiger partial charge in [0.1, 0.15) is 22.3 Å². The number of benzene rings is 1. The maximum atomic E-state index is 13.5. The monoisotopic (exact) mass is 294 g/mol. The predicted octanol–water partition coefficient (Wildman–Crippen LogP) is 1.23. The van der Waals surface area contributed by atoms with E-state index in [1.54, 1.807) is 0 Å².